The molecule has 4 aromatic rings. The normalized spacial score (nSPS) is 16.2. The van der Waals surface area contributed by atoms with Gasteiger partial charge >= 0.3 is 0 Å². The van der Waals surface area contributed by atoms with Crippen molar-refractivity contribution in [3.63, 3.8) is 0 Å². The lowest BCUT2D eigenvalue weighted by Gasteiger charge is -2.17. The third-order valence-electron chi connectivity index (χ3n) is 6.45. The smallest absolute Gasteiger partial charge is 0.283 e. The summed E-state index contributed by atoms with van der Waals surface area (Å²) in [7, 11) is 1.45. The van der Waals surface area contributed by atoms with E-state index in [0.717, 1.165) is 16.7 Å². The van der Waals surface area contributed by atoms with Crippen LogP contribution in [-0.2, 0) is 4.79 Å². The number of anilines is 2. The number of nitrogens with zero attached hydrogens (tertiary/aromatic N) is 1. The highest BCUT2D eigenvalue weighted by Gasteiger charge is 2.39. The lowest BCUT2D eigenvalue weighted by Crippen LogP contribution is -2.27. The molecule has 1 heterocycles. The van der Waals surface area contributed by atoms with E-state index in [1.807, 2.05) is 13.0 Å². The Bertz CT molecular complexity index is 1610. The molecule has 4 N–H and O–H groups in total. The summed E-state index contributed by atoms with van der Waals surface area (Å²) >= 11 is 0. The molecule has 0 saturated heterocycles. The molecule has 10 heteroatoms. The molecule has 0 aliphatic heterocycles. The number of amides is 2. The van der Waals surface area contributed by atoms with Crippen LogP contribution in [0.4, 0.5) is 20.3 Å². The number of alkyl halides is 1. The number of nitrogen functional groups attached to an aromatic ring is 1. The van der Waals surface area contributed by atoms with E-state index >= 15 is 0 Å². The Balaban J connectivity index is 1.62. The number of fused-ring (bicyclic) bond motifs is 1. The first-order valence-corrected chi connectivity index (χ1v) is 11.8. The second-order valence-electron chi connectivity index (χ2n) is 9.06. The second-order valence-corrected chi connectivity index (χ2v) is 9.06. The SMILES string of the molecule is C=C(F)C(=O)Nc1ccc(-c2ccc3onc(N)c3c2-c2ccc(C(=O)N[C@@H]3C[C@@H]3F)c(OC)c2)c(C)c1. The minimum Gasteiger partial charge on any atom is -0.496 e. The number of hydrogen-bond donors (Lipinski definition) is 3. The number of methoxy groups -OCH3 is 1. The Labute approximate surface area is 216 Å². The van der Waals surface area contributed by atoms with E-state index in [2.05, 4.69) is 22.4 Å². The summed E-state index contributed by atoms with van der Waals surface area (Å²) < 4.78 is 37.4. The number of hydrogen-bond acceptors (Lipinski definition) is 6. The Morgan fingerprint density at radius 3 is 2.55 bits per heavy atom. The van der Waals surface area contributed by atoms with E-state index in [0.29, 0.717) is 40.0 Å². The zero-order valence-electron chi connectivity index (χ0n) is 20.6. The standard InChI is InChI=1S/C28H24F2N4O4/c1-13-10-16(32-27(35)14(2)29)5-7-17(13)18-8-9-22-25(26(31)34-38-22)24(18)15-4-6-19(23(11-15)37-3)28(36)33-21-12-20(21)30/h4-11,20-21H,2,12H2,1,3H3,(H2,31,34)(H,32,35)(H,33,36)/t20-,21+/m0/s1. The summed E-state index contributed by atoms with van der Waals surface area (Å²) in [4.78, 5) is 24.4. The number of benzene rings is 3. The van der Waals surface area contributed by atoms with Crippen molar-refractivity contribution < 1.29 is 27.6 Å². The van der Waals surface area contributed by atoms with Crippen LogP contribution in [0.15, 0.2) is 65.5 Å². The number of halogens is 2. The number of nitrogens with two attached hydrogens (primary N) is 1. The average molecular weight is 519 g/mol. The van der Waals surface area contributed by atoms with Crippen LogP contribution in [0.1, 0.15) is 22.3 Å². The fraction of sp³-hybridized carbons (Fsp3) is 0.179. The van der Waals surface area contributed by atoms with Gasteiger partial charge in [-0.2, -0.15) is 0 Å². The van der Waals surface area contributed by atoms with Gasteiger partial charge in [-0.05, 0) is 65.6 Å². The molecule has 8 nitrogen and oxygen atoms in total. The molecule has 0 bridgehead atoms. The molecular weight excluding hydrogens is 494 g/mol. The maximum absolute atomic E-state index is 13.3. The van der Waals surface area contributed by atoms with Crippen molar-refractivity contribution in [3.8, 4) is 28.0 Å². The van der Waals surface area contributed by atoms with Gasteiger partial charge in [-0.3, -0.25) is 9.59 Å². The van der Waals surface area contributed by atoms with Gasteiger partial charge < -0.3 is 25.6 Å². The average Bonchev–Trinajstić information content (AvgIpc) is 3.46. The first-order valence-electron chi connectivity index (χ1n) is 11.8. The Kier molecular flexibility index (Phi) is 6.31. The molecule has 1 aliphatic carbocycles. The Hall–Kier alpha value is -4.73. The van der Waals surface area contributed by atoms with Gasteiger partial charge in [0.1, 0.15) is 11.9 Å². The molecule has 5 rings (SSSR count). The minimum absolute atomic E-state index is 0.184. The van der Waals surface area contributed by atoms with Crippen LogP contribution in [0, 0.1) is 6.92 Å². The number of aryl methyl sites for hydroxylation is 1. The molecule has 0 radical (unpaired) electrons. The highest BCUT2D eigenvalue weighted by molar-refractivity contribution is 6.08. The second kappa shape index (κ2) is 9.62. The van der Waals surface area contributed by atoms with Crippen LogP contribution in [0.3, 0.4) is 0 Å². The van der Waals surface area contributed by atoms with Crippen LogP contribution in [-0.4, -0.2) is 36.3 Å². The lowest BCUT2D eigenvalue weighted by atomic mass is 9.89. The first-order chi connectivity index (χ1) is 18.2. The molecular formula is C28H24F2N4O4. The Morgan fingerprint density at radius 2 is 1.89 bits per heavy atom. The van der Waals surface area contributed by atoms with Crippen LogP contribution < -0.4 is 21.1 Å². The van der Waals surface area contributed by atoms with E-state index in [4.69, 9.17) is 15.0 Å². The largest absolute Gasteiger partial charge is 0.496 e. The lowest BCUT2D eigenvalue weighted by molar-refractivity contribution is -0.114. The molecule has 0 spiro atoms. The number of carbonyl (C=O) groups excluding carboxylic acids is 2. The third kappa shape index (κ3) is 4.56. The molecule has 2 amide bonds. The molecule has 1 aromatic heterocycles. The van der Waals surface area contributed by atoms with Gasteiger partial charge in [-0.1, -0.05) is 23.9 Å². The van der Waals surface area contributed by atoms with Crippen LogP contribution in [0.5, 0.6) is 5.75 Å². The van der Waals surface area contributed by atoms with Gasteiger partial charge in [0.15, 0.2) is 17.2 Å². The summed E-state index contributed by atoms with van der Waals surface area (Å²) in [5, 5.41) is 9.61. The zero-order chi connectivity index (χ0) is 27.1. The molecule has 38 heavy (non-hydrogen) atoms. The fourth-order valence-corrected chi connectivity index (χ4v) is 4.42. The maximum atomic E-state index is 13.3. The van der Waals surface area contributed by atoms with E-state index < -0.39 is 29.9 Å². The number of ether oxygens (including phenoxy) is 1. The maximum Gasteiger partial charge on any atom is 0.283 e. The van der Waals surface area contributed by atoms with Crippen molar-refractivity contribution >= 4 is 34.3 Å². The number of aromatic nitrogens is 1. The van der Waals surface area contributed by atoms with E-state index in [1.54, 1.807) is 42.5 Å². The van der Waals surface area contributed by atoms with Gasteiger partial charge in [0.05, 0.1) is 24.1 Å². The molecule has 2 atom stereocenters. The molecule has 1 saturated carbocycles. The number of nitrogens with one attached hydrogen (secondary N) is 2. The summed E-state index contributed by atoms with van der Waals surface area (Å²) in [6.07, 6.45) is -0.728. The van der Waals surface area contributed by atoms with Crippen molar-refractivity contribution in [2.45, 2.75) is 25.6 Å². The summed E-state index contributed by atoms with van der Waals surface area (Å²) in [6, 6.07) is 13.3. The van der Waals surface area contributed by atoms with Gasteiger partial charge in [-0.15, -0.1) is 0 Å². The van der Waals surface area contributed by atoms with Gasteiger partial charge in [0, 0.05) is 17.7 Å². The molecule has 194 valence electrons. The quantitative estimate of drug-likeness (QED) is 0.285. The zero-order valence-corrected chi connectivity index (χ0v) is 20.6. The van der Waals surface area contributed by atoms with Crippen LogP contribution in [0.25, 0.3) is 33.2 Å². The monoisotopic (exact) mass is 518 g/mol. The van der Waals surface area contributed by atoms with Gasteiger partial charge in [0.25, 0.3) is 11.8 Å². The van der Waals surface area contributed by atoms with Crippen LogP contribution >= 0.6 is 0 Å². The number of carbonyl (C=O) groups is 2. The molecule has 1 aliphatic rings. The summed E-state index contributed by atoms with van der Waals surface area (Å²) in [5.41, 5.74) is 11.1. The van der Waals surface area contributed by atoms with Gasteiger partial charge in [-0.25, -0.2) is 8.78 Å². The van der Waals surface area contributed by atoms with Crippen molar-refractivity contribution in [3.05, 3.63) is 72.1 Å². The minimum atomic E-state index is -1.09. The molecule has 3 aromatic carbocycles. The van der Waals surface area contributed by atoms with E-state index in [1.165, 1.54) is 7.11 Å². The highest BCUT2D eigenvalue weighted by Crippen LogP contribution is 2.43. The Morgan fingerprint density at radius 1 is 1.16 bits per heavy atom. The van der Waals surface area contributed by atoms with Crippen molar-refractivity contribution in [1.82, 2.24) is 10.5 Å². The number of rotatable bonds is 7. The third-order valence-corrected chi connectivity index (χ3v) is 6.45. The summed E-state index contributed by atoms with van der Waals surface area (Å²) in [5.74, 6) is -1.95. The molecule has 1 fully saturated rings. The van der Waals surface area contributed by atoms with E-state index in [9.17, 15) is 18.4 Å². The van der Waals surface area contributed by atoms with Crippen molar-refractivity contribution in [2.24, 2.45) is 0 Å². The molecule has 0 unspecified atom stereocenters. The fourth-order valence-electron chi connectivity index (χ4n) is 4.42. The topological polar surface area (TPSA) is 119 Å². The first kappa shape index (κ1) is 24.9. The van der Waals surface area contributed by atoms with Crippen molar-refractivity contribution in [2.75, 3.05) is 18.2 Å². The van der Waals surface area contributed by atoms with Gasteiger partial charge in [0.2, 0.25) is 0 Å². The van der Waals surface area contributed by atoms with Crippen molar-refractivity contribution in [1.29, 1.82) is 0 Å². The summed E-state index contributed by atoms with van der Waals surface area (Å²) in [6.45, 7) is 4.86. The predicted octanol–water partition coefficient (Wildman–Crippen LogP) is 5.32. The van der Waals surface area contributed by atoms with Crippen LogP contribution in [0.2, 0.25) is 0 Å². The predicted molar refractivity (Wildman–Crippen MR) is 140 cm³/mol. The highest BCUT2D eigenvalue weighted by atomic mass is 19.1. The van der Waals surface area contributed by atoms with E-state index in [-0.39, 0.29) is 11.4 Å².